The molecule has 0 unspecified atom stereocenters. The average Bonchev–Trinajstić information content (AvgIpc) is 3.01. The fraction of sp³-hybridized carbons (Fsp3) is 0.469. The molecule has 0 radical (unpaired) electrons. The van der Waals surface area contributed by atoms with Crippen molar-refractivity contribution in [2.45, 2.75) is 69.1 Å². The summed E-state index contributed by atoms with van der Waals surface area (Å²) in [7, 11) is 0. The van der Waals surface area contributed by atoms with Gasteiger partial charge in [-0.1, -0.05) is 36.4 Å². The number of nitrogens with zero attached hydrogens (tertiary/aromatic N) is 3. The number of carbonyl (C=O) groups is 1. The number of aromatic nitrogens is 2. The van der Waals surface area contributed by atoms with Crippen LogP contribution in [-0.2, 0) is 24.3 Å². The number of alkyl halides is 2. The zero-order valence-corrected chi connectivity index (χ0v) is 24.0. The van der Waals surface area contributed by atoms with Gasteiger partial charge in [0.2, 0.25) is 17.7 Å². The van der Waals surface area contributed by atoms with Crippen molar-refractivity contribution in [1.29, 1.82) is 0 Å². The van der Waals surface area contributed by atoms with Crippen LogP contribution in [0.25, 0.3) is 0 Å². The Morgan fingerprint density at radius 1 is 1.12 bits per heavy atom. The molecule has 4 N–H and O–H groups in total. The number of anilines is 1. The van der Waals surface area contributed by atoms with Crippen LogP contribution in [0.4, 0.5) is 14.5 Å². The fourth-order valence-electron chi connectivity index (χ4n) is 6.65. The lowest BCUT2D eigenvalue weighted by atomic mass is 9.73. The molecule has 43 heavy (non-hydrogen) atoms. The van der Waals surface area contributed by atoms with Crippen molar-refractivity contribution in [2.24, 2.45) is 5.92 Å². The molecule has 3 aliphatic rings. The molecule has 1 saturated carbocycles. The molecule has 1 aliphatic carbocycles. The molecule has 2 aromatic carbocycles. The highest BCUT2D eigenvalue weighted by atomic mass is 19.3. The summed E-state index contributed by atoms with van der Waals surface area (Å²) in [5.74, 6) is -3.53. The summed E-state index contributed by atoms with van der Waals surface area (Å²) in [6.07, 6.45) is 2.15. The predicted octanol–water partition coefficient (Wildman–Crippen LogP) is 3.84. The topological polar surface area (TPSA) is 123 Å². The molecule has 228 valence electrons. The monoisotopic (exact) mass is 593 g/mol. The molecule has 6 rings (SSSR count). The molecule has 3 aromatic rings. The van der Waals surface area contributed by atoms with Gasteiger partial charge in [0, 0.05) is 44.3 Å². The van der Waals surface area contributed by atoms with Crippen molar-refractivity contribution in [3.8, 4) is 11.6 Å². The molecule has 11 heteroatoms. The number of rotatable bonds is 6. The van der Waals surface area contributed by atoms with Gasteiger partial charge >= 0.3 is 0 Å². The van der Waals surface area contributed by atoms with Crippen molar-refractivity contribution < 1.29 is 23.4 Å². The largest absolute Gasteiger partial charge is 0.437 e. The summed E-state index contributed by atoms with van der Waals surface area (Å²) in [6, 6.07) is 14.8. The van der Waals surface area contributed by atoms with Crippen LogP contribution in [0.1, 0.15) is 54.7 Å². The zero-order chi connectivity index (χ0) is 30.2. The molecule has 1 saturated heterocycles. The van der Waals surface area contributed by atoms with E-state index in [9.17, 15) is 23.5 Å². The van der Waals surface area contributed by atoms with Crippen molar-refractivity contribution in [3.63, 3.8) is 0 Å². The maximum Gasteiger partial charge on any atom is 0.280 e. The Bertz CT molecular complexity index is 1540. The van der Waals surface area contributed by atoms with E-state index in [2.05, 4.69) is 10.3 Å². The number of aliphatic hydroxyl groups is 1. The number of fused-ring (bicyclic) bond motifs is 1. The quantitative estimate of drug-likeness (QED) is 0.397. The molecular formula is C32H37F2N5O4. The van der Waals surface area contributed by atoms with E-state index in [0.29, 0.717) is 5.75 Å². The summed E-state index contributed by atoms with van der Waals surface area (Å²) in [6.45, 7) is 2.14. The Morgan fingerprint density at radius 2 is 1.88 bits per heavy atom. The fourth-order valence-corrected chi connectivity index (χ4v) is 6.65. The summed E-state index contributed by atoms with van der Waals surface area (Å²) < 4.78 is 35.9. The number of carbonyl (C=O) groups excluding carboxylic acids is 1. The van der Waals surface area contributed by atoms with Crippen LogP contribution in [0.15, 0.2) is 59.7 Å². The Hall–Kier alpha value is -3.83. The van der Waals surface area contributed by atoms with Gasteiger partial charge in [0.05, 0.1) is 12.1 Å². The molecule has 1 aromatic heterocycles. The molecule has 2 atom stereocenters. The third-order valence-electron chi connectivity index (χ3n) is 9.16. The standard InChI is InChI=1S/C32H37F2N5O4/c33-32(34)10-8-25(26(17-32)22-4-2-1-3-5-22)29(40)38-14-11-31(42,12-15-38)19-39-20-37-28(27(35)30(39)41)43-24-7-6-21-9-13-36-18-23(21)16-24/h1-7,16,20,25-26,36,42H,8-15,17-19,35H2/t25-,26+/m1/s1. The Labute approximate surface area is 248 Å². The number of ether oxygens (including phenoxy) is 1. The summed E-state index contributed by atoms with van der Waals surface area (Å²) in [5, 5.41) is 14.7. The maximum absolute atomic E-state index is 14.4. The number of amides is 1. The van der Waals surface area contributed by atoms with Gasteiger partial charge in [-0.2, -0.15) is 0 Å². The van der Waals surface area contributed by atoms with E-state index in [4.69, 9.17) is 10.5 Å². The number of hydrogen-bond donors (Lipinski definition) is 3. The maximum atomic E-state index is 14.4. The number of nitrogens with one attached hydrogen (secondary N) is 1. The van der Waals surface area contributed by atoms with Gasteiger partial charge in [-0.3, -0.25) is 14.2 Å². The third-order valence-corrected chi connectivity index (χ3v) is 9.16. The van der Waals surface area contributed by atoms with Crippen molar-refractivity contribution in [3.05, 3.63) is 81.9 Å². The summed E-state index contributed by atoms with van der Waals surface area (Å²) in [5.41, 5.74) is 7.30. The van der Waals surface area contributed by atoms with Crippen molar-refractivity contribution in [2.75, 3.05) is 25.4 Å². The summed E-state index contributed by atoms with van der Waals surface area (Å²) in [4.78, 5) is 32.6. The van der Waals surface area contributed by atoms with E-state index < -0.39 is 28.9 Å². The van der Waals surface area contributed by atoms with E-state index in [1.807, 2.05) is 24.3 Å². The number of likely N-dealkylation sites (tertiary alicyclic amines) is 1. The number of piperidine rings is 1. The Balaban J connectivity index is 1.10. The second-order valence-electron chi connectivity index (χ2n) is 12.1. The van der Waals surface area contributed by atoms with Crippen LogP contribution in [0.5, 0.6) is 11.6 Å². The predicted molar refractivity (Wildman–Crippen MR) is 157 cm³/mol. The van der Waals surface area contributed by atoms with E-state index in [1.165, 1.54) is 16.5 Å². The number of benzene rings is 2. The first kappa shape index (κ1) is 29.3. The van der Waals surface area contributed by atoms with E-state index in [0.717, 1.165) is 30.6 Å². The summed E-state index contributed by atoms with van der Waals surface area (Å²) >= 11 is 0. The first-order valence-corrected chi connectivity index (χ1v) is 14.9. The minimum Gasteiger partial charge on any atom is -0.437 e. The lowest BCUT2D eigenvalue weighted by molar-refractivity contribution is -0.145. The van der Waals surface area contributed by atoms with E-state index in [1.54, 1.807) is 29.2 Å². The van der Waals surface area contributed by atoms with E-state index >= 15 is 0 Å². The van der Waals surface area contributed by atoms with Crippen molar-refractivity contribution >= 4 is 11.6 Å². The number of nitrogen functional groups attached to an aromatic ring is 1. The lowest BCUT2D eigenvalue weighted by Crippen LogP contribution is -2.52. The highest BCUT2D eigenvalue weighted by molar-refractivity contribution is 5.80. The normalized spacial score (nSPS) is 22.9. The highest BCUT2D eigenvalue weighted by Gasteiger charge is 2.46. The van der Waals surface area contributed by atoms with Gasteiger partial charge in [0.1, 0.15) is 12.1 Å². The first-order chi connectivity index (χ1) is 20.6. The van der Waals surface area contributed by atoms with Gasteiger partial charge in [0.15, 0.2) is 5.69 Å². The number of halogens is 2. The molecule has 1 amide bonds. The molecule has 3 heterocycles. The number of nitrogens with two attached hydrogens (primary N) is 1. The van der Waals surface area contributed by atoms with Gasteiger partial charge in [-0.25, -0.2) is 13.8 Å². The molecule has 2 aliphatic heterocycles. The highest BCUT2D eigenvalue weighted by Crippen LogP contribution is 2.46. The average molecular weight is 594 g/mol. The van der Waals surface area contributed by atoms with Gasteiger partial charge < -0.3 is 25.8 Å². The number of hydrogen-bond acceptors (Lipinski definition) is 7. The van der Waals surface area contributed by atoms with Crippen molar-refractivity contribution in [1.82, 2.24) is 19.8 Å². The van der Waals surface area contributed by atoms with Gasteiger partial charge in [0.25, 0.3) is 5.56 Å². The molecular weight excluding hydrogens is 556 g/mol. The molecule has 0 spiro atoms. The second-order valence-corrected chi connectivity index (χ2v) is 12.1. The third kappa shape index (κ3) is 6.28. The SMILES string of the molecule is Nc1c(Oc2ccc3c(c2)CNCC3)ncn(CC2(O)CCN(C(=O)[C@@H]3CCC(F)(F)C[C@H]3c3ccccc3)CC2)c1=O. The first-order valence-electron chi connectivity index (χ1n) is 14.9. The molecule has 2 fully saturated rings. The minimum absolute atomic E-state index is 0.00315. The van der Waals surface area contributed by atoms with Gasteiger partial charge in [-0.15, -0.1) is 0 Å². The van der Waals surface area contributed by atoms with Gasteiger partial charge in [-0.05, 0) is 61.1 Å². The second kappa shape index (κ2) is 11.7. The lowest BCUT2D eigenvalue weighted by Gasteiger charge is -2.42. The van der Waals surface area contributed by atoms with E-state index in [-0.39, 0.29) is 69.2 Å². The van der Waals surface area contributed by atoms with Crippen LogP contribution >= 0.6 is 0 Å². The smallest absolute Gasteiger partial charge is 0.280 e. The van der Waals surface area contributed by atoms with Crippen LogP contribution in [-0.4, -0.2) is 56.6 Å². The molecule has 9 nitrogen and oxygen atoms in total. The Morgan fingerprint density at radius 3 is 2.65 bits per heavy atom. The minimum atomic E-state index is -2.80. The van der Waals surface area contributed by atoms with Crippen LogP contribution in [0.2, 0.25) is 0 Å². The Kier molecular flexibility index (Phi) is 7.95. The van der Waals surface area contributed by atoms with Crippen LogP contribution < -0.4 is 21.3 Å². The van der Waals surface area contributed by atoms with Crippen LogP contribution in [0.3, 0.4) is 0 Å². The zero-order valence-electron chi connectivity index (χ0n) is 24.0. The molecule has 0 bridgehead atoms. The van der Waals surface area contributed by atoms with Crippen LogP contribution in [0, 0.1) is 5.92 Å².